The van der Waals surface area contributed by atoms with Crippen molar-refractivity contribution in [3.05, 3.63) is 18.6 Å². The summed E-state index contributed by atoms with van der Waals surface area (Å²) in [6.45, 7) is -0.240. The van der Waals surface area contributed by atoms with Gasteiger partial charge < -0.3 is 10.4 Å². The molecule has 1 heterocycles. The van der Waals surface area contributed by atoms with Gasteiger partial charge in [0, 0.05) is 18.9 Å². The molecule has 13 heavy (non-hydrogen) atoms. The summed E-state index contributed by atoms with van der Waals surface area (Å²) in [6, 6.07) is 0. The Morgan fingerprint density at radius 1 is 1.46 bits per heavy atom. The van der Waals surface area contributed by atoms with Crippen molar-refractivity contribution in [2.45, 2.75) is 12.5 Å². The van der Waals surface area contributed by atoms with Gasteiger partial charge in [0.05, 0.1) is 6.20 Å². The summed E-state index contributed by atoms with van der Waals surface area (Å²) in [4.78, 5) is 7.49. The molecule has 0 aliphatic heterocycles. The summed E-state index contributed by atoms with van der Waals surface area (Å²) in [6.07, 6.45) is -0.143. The third-order valence-electron chi connectivity index (χ3n) is 1.35. The van der Waals surface area contributed by atoms with E-state index in [4.69, 9.17) is 5.11 Å². The molecular weight excluding hydrogens is 180 g/mol. The van der Waals surface area contributed by atoms with Gasteiger partial charge in [-0.1, -0.05) is 0 Å². The molecule has 1 unspecified atom stereocenters. The van der Waals surface area contributed by atoms with Crippen LogP contribution >= 0.6 is 0 Å². The molecule has 0 saturated heterocycles. The van der Waals surface area contributed by atoms with E-state index < -0.39 is 12.5 Å². The maximum atomic E-state index is 11.8. The number of nitrogens with zero attached hydrogens (tertiary/aromatic N) is 2. The average Bonchev–Trinajstić information content (AvgIpc) is 2.15. The molecule has 0 aliphatic rings. The topological polar surface area (TPSA) is 58.0 Å². The summed E-state index contributed by atoms with van der Waals surface area (Å²) in [7, 11) is 0. The highest BCUT2D eigenvalue weighted by Crippen LogP contribution is 2.02. The van der Waals surface area contributed by atoms with Crippen LogP contribution in [0.5, 0.6) is 0 Å². The van der Waals surface area contributed by atoms with Crippen molar-refractivity contribution in [2.24, 2.45) is 0 Å². The van der Waals surface area contributed by atoms with Gasteiger partial charge >= 0.3 is 0 Å². The molecule has 1 aromatic rings. The van der Waals surface area contributed by atoms with Crippen LogP contribution in [0.3, 0.4) is 0 Å². The fourth-order valence-electron chi connectivity index (χ4n) is 0.689. The number of alkyl halides is 2. The fourth-order valence-corrected chi connectivity index (χ4v) is 0.689. The Morgan fingerprint density at radius 2 is 2.23 bits per heavy atom. The van der Waals surface area contributed by atoms with E-state index in [2.05, 4.69) is 15.3 Å². The molecule has 2 N–H and O–H groups in total. The molecule has 72 valence electrons. The van der Waals surface area contributed by atoms with Crippen LogP contribution in [0.2, 0.25) is 0 Å². The summed E-state index contributed by atoms with van der Waals surface area (Å²) in [5.74, 6) is 0.363. The molecule has 1 aromatic heterocycles. The van der Waals surface area contributed by atoms with E-state index in [1.165, 1.54) is 18.6 Å². The van der Waals surface area contributed by atoms with E-state index in [0.717, 1.165) is 0 Å². The number of halogens is 2. The number of anilines is 1. The van der Waals surface area contributed by atoms with E-state index >= 15 is 0 Å². The summed E-state index contributed by atoms with van der Waals surface area (Å²) in [5, 5.41) is 11.2. The van der Waals surface area contributed by atoms with Crippen LogP contribution in [0.1, 0.15) is 0 Å². The molecule has 1 rings (SSSR count). The van der Waals surface area contributed by atoms with Crippen LogP contribution < -0.4 is 5.32 Å². The normalized spacial score (nSPS) is 12.9. The molecule has 0 aliphatic carbocycles. The SMILES string of the molecule is OC(CNc1cnccn1)C(F)F. The maximum Gasteiger partial charge on any atom is 0.265 e. The Balaban J connectivity index is 2.35. The second-order valence-electron chi connectivity index (χ2n) is 2.37. The first kappa shape index (κ1) is 9.79. The van der Waals surface area contributed by atoms with Crippen LogP contribution in [0.15, 0.2) is 18.6 Å². The van der Waals surface area contributed by atoms with Crippen molar-refractivity contribution in [1.29, 1.82) is 0 Å². The lowest BCUT2D eigenvalue weighted by molar-refractivity contribution is 0.00380. The van der Waals surface area contributed by atoms with E-state index in [-0.39, 0.29) is 6.54 Å². The monoisotopic (exact) mass is 189 g/mol. The quantitative estimate of drug-likeness (QED) is 0.724. The first-order valence-electron chi connectivity index (χ1n) is 3.66. The Bertz CT molecular complexity index is 245. The fraction of sp³-hybridized carbons (Fsp3) is 0.429. The number of nitrogens with one attached hydrogen (secondary N) is 1. The van der Waals surface area contributed by atoms with Gasteiger partial charge in [0.15, 0.2) is 0 Å². The highest BCUT2D eigenvalue weighted by molar-refractivity contribution is 5.29. The van der Waals surface area contributed by atoms with Gasteiger partial charge in [-0.05, 0) is 0 Å². The van der Waals surface area contributed by atoms with Crippen LogP contribution in [-0.2, 0) is 0 Å². The van der Waals surface area contributed by atoms with Crippen molar-refractivity contribution in [1.82, 2.24) is 9.97 Å². The molecule has 0 spiro atoms. The van der Waals surface area contributed by atoms with Gasteiger partial charge in [-0.3, -0.25) is 4.98 Å². The predicted molar refractivity (Wildman–Crippen MR) is 42.5 cm³/mol. The third-order valence-corrected chi connectivity index (χ3v) is 1.35. The Kier molecular flexibility index (Phi) is 3.51. The minimum atomic E-state index is -2.75. The molecule has 0 aromatic carbocycles. The van der Waals surface area contributed by atoms with Crippen molar-refractivity contribution in [3.63, 3.8) is 0 Å². The molecule has 0 amide bonds. The summed E-state index contributed by atoms with van der Waals surface area (Å²) < 4.78 is 23.6. The van der Waals surface area contributed by atoms with Crippen LogP contribution in [-0.4, -0.2) is 34.1 Å². The van der Waals surface area contributed by atoms with Crippen molar-refractivity contribution in [2.75, 3.05) is 11.9 Å². The van der Waals surface area contributed by atoms with Crippen LogP contribution in [0.25, 0.3) is 0 Å². The number of hydrogen-bond donors (Lipinski definition) is 2. The molecule has 0 radical (unpaired) electrons. The Hall–Kier alpha value is -1.30. The minimum absolute atomic E-state index is 0.240. The molecule has 1 atom stereocenters. The highest BCUT2D eigenvalue weighted by atomic mass is 19.3. The smallest absolute Gasteiger partial charge is 0.265 e. The Morgan fingerprint density at radius 3 is 2.77 bits per heavy atom. The summed E-state index contributed by atoms with van der Waals surface area (Å²) in [5.41, 5.74) is 0. The van der Waals surface area contributed by atoms with Crippen molar-refractivity contribution < 1.29 is 13.9 Å². The molecule has 0 fully saturated rings. The molecule has 0 saturated carbocycles. The van der Waals surface area contributed by atoms with Gasteiger partial charge in [-0.15, -0.1) is 0 Å². The zero-order chi connectivity index (χ0) is 9.68. The molecule has 6 heteroatoms. The van der Waals surface area contributed by atoms with Crippen LogP contribution in [0, 0.1) is 0 Å². The lowest BCUT2D eigenvalue weighted by Crippen LogP contribution is -2.27. The van der Waals surface area contributed by atoms with Gasteiger partial charge in [-0.25, -0.2) is 13.8 Å². The largest absolute Gasteiger partial charge is 0.385 e. The van der Waals surface area contributed by atoms with E-state index in [1.807, 2.05) is 0 Å². The average molecular weight is 189 g/mol. The van der Waals surface area contributed by atoms with Crippen LogP contribution in [0.4, 0.5) is 14.6 Å². The standard InChI is InChI=1S/C7H9F2N3O/c8-7(9)5(13)3-12-6-4-10-1-2-11-6/h1-2,4-5,7,13H,3H2,(H,11,12). The zero-order valence-corrected chi connectivity index (χ0v) is 6.69. The lowest BCUT2D eigenvalue weighted by atomic mass is 10.4. The van der Waals surface area contributed by atoms with Gasteiger partial charge in [0.1, 0.15) is 11.9 Å². The predicted octanol–water partition coefficient (Wildman–Crippen LogP) is 0.514. The molecule has 4 nitrogen and oxygen atoms in total. The molecule has 0 bridgehead atoms. The zero-order valence-electron chi connectivity index (χ0n) is 6.69. The number of hydrogen-bond acceptors (Lipinski definition) is 4. The minimum Gasteiger partial charge on any atom is -0.385 e. The van der Waals surface area contributed by atoms with Gasteiger partial charge in [-0.2, -0.15) is 0 Å². The van der Waals surface area contributed by atoms with E-state index in [9.17, 15) is 8.78 Å². The number of aliphatic hydroxyl groups is 1. The van der Waals surface area contributed by atoms with E-state index in [0.29, 0.717) is 5.82 Å². The first-order chi connectivity index (χ1) is 6.20. The third kappa shape index (κ3) is 3.29. The first-order valence-corrected chi connectivity index (χ1v) is 3.66. The summed E-state index contributed by atoms with van der Waals surface area (Å²) >= 11 is 0. The lowest BCUT2D eigenvalue weighted by Gasteiger charge is -2.10. The highest BCUT2D eigenvalue weighted by Gasteiger charge is 2.15. The number of aliphatic hydroxyl groups excluding tert-OH is 1. The number of aromatic nitrogens is 2. The van der Waals surface area contributed by atoms with E-state index in [1.54, 1.807) is 0 Å². The Labute approximate surface area is 73.6 Å². The second kappa shape index (κ2) is 4.66. The molecular formula is C7H9F2N3O. The maximum absolute atomic E-state index is 11.8. The van der Waals surface area contributed by atoms with Gasteiger partial charge in [0.2, 0.25) is 0 Å². The van der Waals surface area contributed by atoms with Gasteiger partial charge in [0.25, 0.3) is 6.43 Å². The number of rotatable bonds is 4. The van der Waals surface area contributed by atoms with Crippen molar-refractivity contribution in [3.8, 4) is 0 Å². The second-order valence-corrected chi connectivity index (χ2v) is 2.37. The van der Waals surface area contributed by atoms with Crippen molar-refractivity contribution >= 4 is 5.82 Å².